The average Bonchev–Trinajstić information content (AvgIpc) is 3.33. The Bertz CT molecular complexity index is 1030. The highest BCUT2D eigenvalue weighted by Gasteiger charge is 2.26. The summed E-state index contributed by atoms with van der Waals surface area (Å²) in [4.78, 5) is 27.7. The fraction of sp³-hybridized carbons (Fsp3) is 0.548. The van der Waals surface area contributed by atoms with Crippen LogP contribution >= 0.6 is 0 Å². The number of nitrogens with zero attached hydrogens (tertiary/aromatic N) is 1. The molecule has 0 aromatic heterocycles. The number of hydrogen-bond donors (Lipinski definition) is 4. The largest absolute Gasteiger partial charge is 0.390 e. The lowest BCUT2D eigenvalue weighted by molar-refractivity contribution is -0.117. The minimum absolute atomic E-state index is 0.0796. The van der Waals surface area contributed by atoms with E-state index in [0.29, 0.717) is 44.0 Å². The quantitative estimate of drug-likeness (QED) is 0.271. The number of aliphatic hydroxyl groups is 1. The first kappa shape index (κ1) is 29.7. The van der Waals surface area contributed by atoms with Crippen LogP contribution in [-0.2, 0) is 11.2 Å². The Hall–Kier alpha value is -2.90. The smallest absolute Gasteiger partial charge is 0.251 e. The molecule has 7 heteroatoms. The number of anilines is 2. The van der Waals surface area contributed by atoms with Crippen molar-refractivity contribution in [2.45, 2.75) is 84.4 Å². The van der Waals surface area contributed by atoms with Crippen LogP contribution in [0.3, 0.4) is 0 Å². The van der Waals surface area contributed by atoms with Crippen molar-refractivity contribution in [3.63, 3.8) is 0 Å². The normalized spacial score (nSPS) is 15.9. The highest BCUT2D eigenvalue weighted by Crippen LogP contribution is 2.27. The van der Waals surface area contributed by atoms with Crippen LogP contribution in [0, 0.1) is 5.92 Å². The summed E-state index contributed by atoms with van der Waals surface area (Å²) in [5.41, 5.74) is 3.05. The van der Waals surface area contributed by atoms with Gasteiger partial charge in [-0.15, -0.1) is 0 Å². The molecule has 3 atom stereocenters. The van der Waals surface area contributed by atoms with Gasteiger partial charge in [-0.3, -0.25) is 9.59 Å². The molecule has 1 saturated heterocycles. The van der Waals surface area contributed by atoms with E-state index in [-0.39, 0.29) is 17.9 Å². The third kappa shape index (κ3) is 9.14. The number of carbonyl (C=O) groups excluding carboxylic acids is 2. The van der Waals surface area contributed by atoms with Crippen molar-refractivity contribution in [1.82, 2.24) is 10.6 Å². The highest BCUT2D eigenvalue weighted by atomic mass is 16.3. The fourth-order valence-electron chi connectivity index (χ4n) is 4.93. The van der Waals surface area contributed by atoms with Gasteiger partial charge >= 0.3 is 0 Å². The van der Waals surface area contributed by atoms with Gasteiger partial charge in [-0.2, -0.15) is 0 Å². The van der Waals surface area contributed by atoms with E-state index in [4.69, 9.17) is 0 Å². The first-order valence-electron chi connectivity index (χ1n) is 14.2. The van der Waals surface area contributed by atoms with Gasteiger partial charge in [0, 0.05) is 49.0 Å². The van der Waals surface area contributed by atoms with Crippen molar-refractivity contribution in [2.24, 2.45) is 5.92 Å². The van der Waals surface area contributed by atoms with Gasteiger partial charge in [0.25, 0.3) is 5.91 Å². The molecule has 3 rings (SSSR count). The summed E-state index contributed by atoms with van der Waals surface area (Å²) >= 11 is 0. The van der Waals surface area contributed by atoms with Gasteiger partial charge in [-0.05, 0) is 62.8 Å². The zero-order chi connectivity index (χ0) is 27.5. The molecule has 38 heavy (non-hydrogen) atoms. The Morgan fingerprint density at radius 1 is 1.08 bits per heavy atom. The van der Waals surface area contributed by atoms with Gasteiger partial charge in [0.1, 0.15) is 0 Å². The van der Waals surface area contributed by atoms with E-state index in [1.54, 1.807) is 11.0 Å². The van der Waals surface area contributed by atoms with Crippen molar-refractivity contribution in [2.75, 3.05) is 29.9 Å². The Morgan fingerprint density at radius 2 is 1.84 bits per heavy atom. The van der Waals surface area contributed by atoms with E-state index in [2.05, 4.69) is 36.7 Å². The molecule has 208 valence electrons. The second kappa shape index (κ2) is 14.9. The number of amides is 2. The minimum Gasteiger partial charge on any atom is -0.390 e. The summed E-state index contributed by atoms with van der Waals surface area (Å²) in [6.07, 6.45) is 4.50. The van der Waals surface area contributed by atoms with Gasteiger partial charge in [0.2, 0.25) is 5.91 Å². The lowest BCUT2D eigenvalue weighted by Gasteiger charge is -2.27. The molecule has 2 amide bonds. The summed E-state index contributed by atoms with van der Waals surface area (Å²) in [5.74, 6) is 0.506. The standard InChI is InChI=1S/C31H46N4O3/c1-5-32-26-18-25(19-27(20-26)35-16-10-15-30(35)37)31(38)34-28(17-24-13-7-6-8-14-24)29(36)21-33-23(4)12-9-11-22(2)3/h6-8,13-14,18-20,22-23,28-29,32-33,36H,5,9-12,15-17,21H2,1-4H3,(H,34,38)/t23?,28-,29-/m0/s1. The monoisotopic (exact) mass is 522 g/mol. The van der Waals surface area contributed by atoms with Crippen molar-refractivity contribution in [3.8, 4) is 0 Å². The van der Waals surface area contributed by atoms with Crippen LogP contribution in [-0.4, -0.2) is 54.7 Å². The molecule has 0 spiro atoms. The zero-order valence-electron chi connectivity index (χ0n) is 23.5. The molecule has 4 N–H and O–H groups in total. The van der Waals surface area contributed by atoms with Crippen molar-refractivity contribution >= 4 is 23.2 Å². The molecule has 2 aromatic carbocycles. The minimum atomic E-state index is -0.761. The lowest BCUT2D eigenvalue weighted by Crippen LogP contribution is -2.49. The van der Waals surface area contributed by atoms with E-state index in [1.165, 1.54) is 6.42 Å². The number of benzene rings is 2. The number of hydrogen-bond acceptors (Lipinski definition) is 5. The Balaban J connectivity index is 1.74. The molecular formula is C31H46N4O3. The molecule has 0 radical (unpaired) electrons. The van der Waals surface area contributed by atoms with E-state index < -0.39 is 12.1 Å². The summed E-state index contributed by atoms with van der Waals surface area (Å²) in [6.45, 7) is 10.4. The van der Waals surface area contributed by atoms with Crippen LogP contribution in [0.1, 0.15) is 75.7 Å². The SMILES string of the molecule is CCNc1cc(C(=O)N[C@@H](Cc2ccccc2)[C@@H](O)CNC(C)CCCC(C)C)cc(N2CCCC2=O)c1. The first-order valence-corrected chi connectivity index (χ1v) is 14.2. The third-order valence-electron chi connectivity index (χ3n) is 7.12. The maximum Gasteiger partial charge on any atom is 0.251 e. The summed E-state index contributed by atoms with van der Waals surface area (Å²) in [7, 11) is 0. The highest BCUT2D eigenvalue weighted by molar-refractivity contribution is 6.00. The maximum atomic E-state index is 13.5. The van der Waals surface area contributed by atoms with E-state index in [1.807, 2.05) is 49.4 Å². The first-order chi connectivity index (χ1) is 18.3. The molecule has 7 nitrogen and oxygen atoms in total. The van der Waals surface area contributed by atoms with Gasteiger partial charge in [-0.25, -0.2) is 0 Å². The third-order valence-corrected chi connectivity index (χ3v) is 7.12. The van der Waals surface area contributed by atoms with Gasteiger partial charge in [-0.1, -0.05) is 57.0 Å². The van der Waals surface area contributed by atoms with Crippen molar-refractivity contribution in [1.29, 1.82) is 0 Å². The second-order valence-corrected chi connectivity index (χ2v) is 10.9. The van der Waals surface area contributed by atoms with Crippen LogP contribution in [0.15, 0.2) is 48.5 Å². The Morgan fingerprint density at radius 3 is 2.50 bits per heavy atom. The molecule has 1 fully saturated rings. The van der Waals surface area contributed by atoms with Crippen LogP contribution < -0.4 is 20.9 Å². The number of nitrogens with one attached hydrogen (secondary N) is 3. The molecule has 0 saturated carbocycles. The van der Waals surface area contributed by atoms with Gasteiger partial charge < -0.3 is 26.0 Å². The predicted octanol–water partition coefficient (Wildman–Crippen LogP) is 4.75. The second-order valence-electron chi connectivity index (χ2n) is 10.9. The molecule has 1 aliphatic heterocycles. The Kier molecular flexibility index (Phi) is 11.6. The Labute approximate surface area is 228 Å². The molecule has 2 aromatic rings. The fourth-order valence-corrected chi connectivity index (χ4v) is 4.93. The zero-order valence-corrected chi connectivity index (χ0v) is 23.5. The average molecular weight is 523 g/mol. The lowest BCUT2D eigenvalue weighted by atomic mass is 9.99. The van der Waals surface area contributed by atoms with Crippen LogP contribution in [0.4, 0.5) is 11.4 Å². The van der Waals surface area contributed by atoms with Crippen LogP contribution in [0.2, 0.25) is 0 Å². The summed E-state index contributed by atoms with van der Waals surface area (Å²) in [5, 5.41) is 21.0. The van der Waals surface area contributed by atoms with E-state index in [0.717, 1.165) is 36.2 Å². The van der Waals surface area contributed by atoms with Gasteiger partial charge in [0.05, 0.1) is 12.1 Å². The topological polar surface area (TPSA) is 93.7 Å². The summed E-state index contributed by atoms with van der Waals surface area (Å²) < 4.78 is 0. The van der Waals surface area contributed by atoms with Crippen LogP contribution in [0.5, 0.6) is 0 Å². The van der Waals surface area contributed by atoms with Crippen molar-refractivity contribution < 1.29 is 14.7 Å². The number of rotatable bonds is 15. The summed E-state index contributed by atoms with van der Waals surface area (Å²) in [6, 6.07) is 15.2. The predicted molar refractivity (Wildman–Crippen MR) is 156 cm³/mol. The van der Waals surface area contributed by atoms with Crippen LogP contribution in [0.25, 0.3) is 0 Å². The molecule has 0 aliphatic carbocycles. The van der Waals surface area contributed by atoms with Gasteiger partial charge in [0.15, 0.2) is 0 Å². The molecule has 1 unspecified atom stereocenters. The van der Waals surface area contributed by atoms with E-state index in [9.17, 15) is 14.7 Å². The number of aliphatic hydroxyl groups excluding tert-OH is 1. The van der Waals surface area contributed by atoms with Crippen molar-refractivity contribution in [3.05, 3.63) is 59.7 Å². The maximum absolute atomic E-state index is 13.5. The van der Waals surface area contributed by atoms with E-state index >= 15 is 0 Å². The molecule has 1 heterocycles. The molecule has 1 aliphatic rings. The molecule has 0 bridgehead atoms. The molecular weight excluding hydrogens is 476 g/mol. The number of carbonyl (C=O) groups is 2.